The number of anilines is 1. The van der Waals surface area contributed by atoms with Gasteiger partial charge in [0, 0.05) is 18.5 Å². The van der Waals surface area contributed by atoms with Crippen molar-refractivity contribution in [1.29, 1.82) is 0 Å². The third-order valence-corrected chi connectivity index (χ3v) is 3.88. The Morgan fingerprint density at radius 3 is 2.81 bits per heavy atom. The van der Waals surface area contributed by atoms with Crippen LogP contribution in [0.3, 0.4) is 0 Å². The van der Waals surface area contributed by atoms with Gasteiger partial charge < -0.3 is 10.6 Å². The number of nitrogens with two attached hydrogens (primary N) is 1. The van der Waals surface area contributed by atoms with E-state index in [0.717, 1.165) is 24.1 Å². The molecule has 1 atom stereocenters. The lowest BCUT2D eigenvalue weighted by Gasteiger charge is -2.30. The first-order chi connectivity index (χ1) is 9.76. The fourth-order valence-electron chi connectivity index (χ4n) is 3.14. The second kappa shape index (κ2) is 6.00. The molecular weight excluding hydrogens is 264 g/mol. The molecule has 1 amide bonds. The van der Waals surface area contributed by atoms with Gasteiger partial charge in [0.05, 0.1) is 12.2 Å². The number of hydrogen-bond donors (Lipinski definition) is 1. The highest BCUT2D eigenvalue weighted by Gasteiger charge is 2.25. The Bertz CT molecular complexity index is 521. The second-order valence-electron chi connectivity index (χ2n) is 7.32. The molecule has 1 unspecified atom stereocenters. The molecule has 0 saturated heterocycles. The molecule has 0 aliphatic carbocycles. The minimum Gasteiger partial charge on any atom is -0.383 e. The number of carbonyl (C=O) groups excluding carboxylic acids is 1. The maximum atomic E-state index is 12.4. The van der Waals surface area contributed by atoms with Crippen molar-refractivity contribution in [2.24, 2.45) is 11.3 Å². The molecule has 0 fully saturated rings. The molecular formula is C16H26N4O. The third-order valence-electron chi connectivity index (χ3n) is 3.88. The molecule has 0 radical (unpaired) electrons. The molecule has 1 aliphatic heterocycles. The molecule has 2 heterocycles. The topological polar surface area (TPSA) is 72.1 Å². The van der Waals surface area contributed by atoms with Gasteiger partial charge in [-0.3, -0.25) is 4.79 Å². The van der Waals surface area contributed by atoms with Crippen LogP contribution < -0.4 is 5.73 Å². The first kappa shape index (κ1) is 15.7. The molecule has 1 aromatic rings. The third kappa shape index (κ3) is 4.16. The predicted molar refractivity (Wildman–Crippen MR) is 83.4 cm³/mol. The van der Waals surface area contributed by atoms with Crippen LogP contribution in [0.1, 0.15) is 51.8 Å². The van der Waals surface area contributed by atoms with Crippen molar-refractivity contribution in [3.8, 4) is 0 Å². The van der Waals surface area contributed by atoms with Crippen LogP contribution in [0.4, 0.5) is 5.82 Å². The molecule has 0 spiro atoms. The molecule has 5 nitrogen and oxygen atoms in total. The van der Waals surface area contributed by atoms with Crippen LogP contribution in [0.5, 0.6) is 0 Å². The van der Waals surface area contributed by atoms with E-state index in [-0.39, 0.29) is 11.3 Å². The average molecular weight is 290 g/mol. The number of fused-ring (bicyclic) bond motifs is 1. The van der Waals surface area contributed by atoms with Gasteiger partial charge in [0.25, 0.3) is 0 Å². The summed E-state index contributed by atoms with van der Waals surface area (Å²) in [6.07, 6.45) is 3.89. The van der Waals surface area contributed by atoms with E-state index in [0.29, 0.717) is 31.2 Å². The second-order valence-corrected chi connectivity index (χ2v) is 7.32. The van der Waals surface area contributed by atoms with Gasteiger partial charge in [-0.15, -0.1) is 0 Å². The Kier molecular flexibility index (Phi) is 4.49. The van der Waals surface area contributed by atoms with E-state index < -0.39 is 0 Å². The highest BCUT2D eigenvalue weighted by atomic mass is 16.2. The average Bonchev–Trinajstić information content (AvgIpc) is 2.36. The van der Waals surface area contributed by atoms with E-state index in [1.54, 1.807) is 0 Å². The largest absolute Gasteiger partial charge is 0.383 e. The van der Waals surface area contributed by atoms with Crippen molar-refractivity contribution in [3.63, 3.8) is 0 Å². The lowest BCUT2D eigenvalue weighted by atomic mass is 9.84. The van der Waals surface area contributed by atoms with Gasteiger partial charge in [0.2, 0.25) is 5.91 Å². The zero-order valence-corrected chi connectivity index (χ0v) is 13.5. The Labute approximate surface area is 127 Å². The standard InChI is InChI=1S/C16H26N4O/c1-11(8-16(2,3)4)7-14(21)20-6-5-12-13(9-20)18-10-19-15(12)17/h10-11H,5-9H2,1-4H3,(H2,17,18,19). The van der Waals surface area contributed by atoms with E-state index in [4.69, 9.17) is 5.73 Å². The number of nitrogen functional groups attached to an aromatic ring is 1. The Morgan fingerprint density at radius 1 is 1.43 bits per heavy atom. The van der Waals surface area contributed by atoms with Crippen molar-refractivity contribution < 1.29 is 4.79 Å². The fraction of sp³-hybridized carbons (Fsp3) is 0.688. The normalized spacial score (nSPS) is 16.5. The SMILES string of the molecule is CC(CC(=O)N1CCc2c(N)ncnc2C1)CC(C)(C)C. The summed E-state index contributed by atoms with van der Waals surface area (Å²) >= 11 is 0. The number of nitrogens with zero attached hydrogens (tertiary/aromatic N) is 3. The molecule has 1 aliphatic rings. The zero-order chi connectivity index (χ0) is 15.6. The maximum absolute atomic E-state index is 12.4. The summed E-state index contributed by atoms with van der Waals surface area (Å²) < 4.78 is 0. The first-order valence-electron chi connectivity index (χ1n) is 7.62. The smallest absolute Gasteiger partial charge is 0.223 e. The summed E-state index contributed by atoms with van der Waals surface area (Å²) in [6.45, 7) is 10.1. The summed E-state index contributed by atoms with van der Waals surface area (Å²) in [4.78, 5) is 22.6. The van der Waals surface area contributed by atoms with Gasteiger partial charge in [-0.1, -0.05) is 27.7 Å². The molecule has 2 rings (SSSR count). The summed E-state index contributed by atoms with van der Waals surface area (Å²) in [5, 5.41) is 0. The molecule has 1 aromatic heterocycles. The highest BCUT2D eigenvalue weighted by Crippen LogP contribution is 2.27. The van der Waals surface area contributed by atoms with Crippen molar-refractivity contribution in [2.45, 2.75) is 53.5 Å². The van der Waals surface area contributed by atoms with Gasteiger partial charge in [0.1, 0.15) is 12.1 Å². The summed E-state index contributed by atoms with van der Waals surface area (Å²) in [6, 6.07) is 0. The van der Waals surface area contributed by atoms with E-state index in [2.05, 4.69) is 37.7 Å². The summed E-state index contributed by atoms with van der Waals surface area (Å²) in [5.74, 6) is 1.16. The lowest BCUT2D eigenvalue weighted by Crippen LogP contribution is -2.37. The highest BCUT2D eigenvalue weighted by molar-refractivity contribution is 5.76. The molecule has 0 saturated carbocycles. The van der Waals surface area contributed by atoms with Crippen molar-refractivity contribution in [2.75, 3.05) is 12.3 Å². The number of aromatic nitrogens is 2. The van der Waals surface area contributed by atoms with Crippen LogP contribution in [-0.4, -0.2) is 27.3 Å². The van der Waals surface area contributed by atoms with Gasteiger partial charge in [0.15, 0.2) is 0 Å². The van der Waals surface area contributed by atoms with Gasteiger partial charge in [-0.2, -0.15) is 0 Å². The molecule has 21 heavy (non-hydrogen) atoms. The van der Waals surface area contributed by atoms with Crippen LogP contribution >= 0.6 is 0 Å². The molecule has 116 valence electrons. The van der Waals surface area contributed by atoms with Crippen molar-refractivity contribution in [1.82, 2.24) is 14.9 Å². The van der Waals surface area contributed by atoms with E-state index in [1.807, 2.05) is 4.90 Å². The first-order valence-corrected chi connectivity index (χ1v) is 7.62. The van der Waals surface area contributed by atoms with Crippen molar-refractivity contribution in [3.05, 3.63) is 17.6 Å². The van der Waals surface area contributed by atoms with Crippen LogP contribution in [0.15, 0.2) is 6.33 Å². The van der Waals surface area contributed by atoms with E-state index >= 15 is 0 Å². The fourth-order valence-corrected chi connectivity index (χ4v) is 3.14. The molecule has 0 aromatic carbocycles. The maximum Gasteiger partial charge on any atom is 0.223 e. The van der Waals surface area contributed by atoms with Crippen LogP contribution in [0.2, 0.25) is 0 Å². The van der Waals surface area contributed by atoms with Crippen LogP contribution in [0, 0.1) is 11.3 Å². The van der Waals surface area contributed by atoms with Gasteiger partial charge in [-0.05, 0) is 24.2 Å². The molecule has 2 N–H and O–H groups in total. The van der Waals surface area contributed by atoms with Gasteiger partial charge in [-0.25, -0.2) is 9.97 Å². The molecule has 5 heteroatoms. The Morgan fingerprint density at radius 2 is 2.14 bits per heavy atom. The Hall–Kier alpha value is -1.65. The van der Waals surface area contributed by atoms with E-state index in [9.17, 15) is 4.79 Å². The van der Waals surface area contributed by atoms with E-state index in [1.165, 1.54) is 6.33 Å². The summed E-state index contributed by atoms with van der Waals surface area (Å²) in [7, 11) is 0. The minimum absolute atomic E-state index is 0.217. The Balaban J connectivity index is 1.96. The number of hydrogen-bond acceptors (Lipinski definition) is 4. The quantitative estimate of drug-likeness (QED) is 0.928. The van der Waals surface area contributed by atoms with Gasteiger partial charge >= 0.3 is 0 Å². The summed E-state index contributed by atoms with van der Waals surface area (Å²) in [5.41, 5.74) is 8.02. The number of carbonyl (C=O) groups is 1. The number of amides is 1. The number of rotatable bonds is 3. The monoisotopic (exact) mass is 290 g/mol. The van der Waals surface area contributed by atoms with Crippen molar-refractivity contribution >= 4 is 11.7 Å². The van der Waals surface area contributed by atoms with Crippen LogP contribution in [-0.2, 0) is 17.8 Å². The van der Waals surface area contributed by atoms with Crippen LogP contribution in [0.25, 0.3) is 0 Å². The lowest BCUT2D eigenvalue weighted by molar-refractivity contribution is -0.133. The molecule has 0 bridgehead atoms. The zero-order valence-electron chi connectivity index (χ0n) is 13.5. The minimum atomic E-state index is 0.217. The predicted octanol–water partition coefficient (Wildman–Crippen LogP) is 2.41.